The topological polar surface area (TPSA) is 72.0 Å². The number of carbonyl (C=O) groups is 2. The molecule has 0 spiro atoms. The molecule has 1 aromatic heterocycles. The lowest BCUT2D eigenvalue weighted by atomic mass is 10.1. The summed E-state index contributed by atoms with van der Waals surface area (Å²) in [7, 11) is 1.34. The van der Waals surface area contributed by atoms with E-state index in [1.807, 2.05) is 0 Å². The van der Waals surface area contributed by atoms with Crippen LogP contribution in [0.2, 0.25) is 0 Å². The Bertz CT molecular complexity index is 1080. The average Bonchev–Trinajstić information content (AvgIpc) is 3.21. The molecule has 2 heterocycles. The Morgan fingerprint density at radius 3 is 2.44 bits per heavy atom. The van der Waals surface area contributed by atoms with E-state index in [1.165, 1.54) is 29.6 Å². The van der Waals surface area contributed by atoms with Gasteiger partial charge in [-0.15, -0.1) is 0 Å². The number of thiazole rings is 1. The number of anilines is 1. The summed E-state index contributed by atoms with van der Waals surface area (Å²) < 4.78 is 11.3. The molecule has 0 saturated carbocycles. The molecule has 3 aromatic rings. The monoisotopic (exact) mass is 453 g/mol. The largest absolute Gasteiger partial charge is 0.465 e. The van der Waals surface area contributed by atoms with E-state index in [4.69, 9.17) is 14.5 Å². The number of amides is 1. The van der Waals surface area contributed by atoms with E-state index < -0.39 is 5.97 Å². The maximum Gasteiger partial charge on any atom is 0.337 e. The van der Waals surface area contributed by atoms with Crippen molar-refractivity contribution in [2.45, 2.75) is 13.8 Å². The third-order valence-corrected chi connectivity index (χ3v) is 6.81. The predicted octanol–water partition coefficient (Wildman–Crippen LogP) is 3.68. The van der Waals surface area contributed by atoms with Gasteiger partial charge in [-0.25, -0.2) is 9.78 Å². The molecule has 0 radical (unpaired) electrons. The van der Waals surface area contributed by atoms with E-state index in [0.29, 0.717) is 36.0 Å². The predicted molar refractivity (Wildman–Crippen MR) is 126 cm³/mol. The number of aromatic nitrogens is 1. The highest BCUT2D eigenvalue weighted by Crippen LogP contribution is 2.31. The van der Waals surface area contributed by atoms with E-state index in [0.717, 1.165) is 29.9 Å². The van der Waals surface area contributed by atoms with Crippen molar-refractivity contribution in [1.29, 1.82) is 0 Å². The Morgan fingerprint density at radius 2 is 1.75 bits per heavy atom. The fourth-order valence-electron chi connectivity index (χ4n) is 3.66. The van der Waals surface area contributed by atoms with Gasteiger partial charge in [-0.1, -0.05) is 11.3 Å². The first-order valence-corrected chi connectivity index (χ1v) is 11.5. The Hall–Kier alpha value is -2.81. The van der Waals surface area contributed by atoms with Crippen LogP contribution in [-0.4, -0.2) is 68.3 Å². The van der Waals surface area contributed by atoms with Gasteiger partial charge < -0.3 is 9.47 Å². The van der Waals surface area contributed by atoms with Gasteiger partial charge in [0, 0.05) is 31.7 Å². The summed E-state index contributed by atoms with van der Waals surface area (Å²) in [6.45, 7) is 8.54. The van der Waals surface area contributed by atoms with E-state index >= 15 is 0 Å². The van der Waals surface area contributed by atoms with Crippen molar-refractivity contribution in [2.24, 2.45) is 0 Å². The van der Waals surface area contributed by atoms with Gasteiger partial charge in [-0.05, 0) is 61.4 Å². The summed E-state index contributed by atoms with van der Waals surface area (Å²) >= 11 is 1.53. The van der Waals surface area contributed by atoms with Crippen molar-refractivity contribution in [3.05, 3.63) is 58.7 Å². The molecule has 0 bridgehead atoms. The van der Waals surface area contributed by atoms with Gasteiger partial charge in [0.15, 0.2) is 5.13 Å². The van der Waals surface area contributed by atoms with Gasteiger partial charge in [-0.3, -0.25) is 14.6 Å². The number of methoxy groups -OCH3 is 1. The summed E-state index contributed by atoms with van der Waals surface area (Å²) in [6.07, 6.45) is 0. The van der Waals surface area contributed by atoms with Crippen LogP contribution < -0.4 is 4.90 Å². The quantitative estimate of drug-likeness (QED) is 0.530. The first-order valence-electron chi connectivity index (χ1n) is 10.6. The SMILES string of the molecule is COC(=O)c1ccc(C(=O)N(CCN2CCOCC2)c2nc3cc(C)c(C)cc3s2)cc1. The number of rotatable bonds is 6. The molecule has 2 aromatic carbocycles. The van der Waals surface area contributed by atoms with Crippen molar-refractivity contribution >= 4 is 38.6 Å². The average molecular weight is 454 g/mol. The first-order chi connectivity index (χ1) is 15.5. The van der Waals surface area contributed by atoms with Crippen LogP contribution in [0.4, 0.5) is 5.13 Å². The second kappa shape index (κ2) is 9.77. The molecule has 0 aliphatic carbocycles. The molecule has 0 N–H and O–H groups in total. The van der Waals surface area contributed by atoms with Gasteiger partial charge in [0.25, 0.3) is 5.91 Å². The third kappa shape index (κ3) is 4.82. The summed E-state index contributed by atoms with van der Waals surface area (Å²) in [6, 6.07) is 10.8. The second-order valence-corrected chi connectivity index (χ2v) is 8.89. The fourth-order valence-corrected chi connectivity index (χ4v) is 4.73. The lowest BCUT2D eigenvalue weighted by Gasteiger charge is -2.29. The summed E-state index contributed by atoms with van der Waals surface area (Å²) in [5.41, 5.74) is 4.20. The van der Waals surface area contributed by atoms with Gasteiger partial charge in [0.1, 0.15) is 0 Å². The number of hydrogen-bond donors (Lipinski definition) is 0. The van der Waals surface area contributed by atoms with E-state index in [1.54, 1.807) is 29.2 Å². The molecule has 7 nitrogen and oxygen atoms in total. The molecule has 1 aliphatic rings. The Morgan fingerprint density at radius 1 is 1.09 bits per heavy atom. The van der Waals surface area contributed by atoms with Crippen LogP contribution in [0, 0.1) is 13.8 Å². The number of hydrogen-bond acceptors (Lipinski definition) is 7. The molecule has 32 heavy (non-hydrogen) atoms. The van der Waals surface area contributed by atoms with Crippen molar-refractivity contribution in [2.75, 3.05) is 51.4 Å². The van der Waals surface area contributed by atoms with Crippen LogP contribution in [0.25, 0.3) is 10.2 Å². The number of carbonyl (C=O) groups excluding carboxylic acids is 2. The molecule has 4 rings (SSSR count). The maximum absolute atomic E-state index is 13.5. The van der Waals surface area contributed by atoms with Crippen molar-refractivity contribution in [3.8, 4) is 0 Å². The normalized spacial score (nSPS) is 14.5. The van der Waals surface area contributed by atoms with Crippen LogP contribution in [0.3, 0.4) is 0 Å². The molecular weight excluding hydrogens is 426 g/mol. The summed E-state index contributed by atoms with van der Waals surface area (Å²) in [5.74, 6) is -0.563. The third-order valence-electron chi connectivity index (χ3n) is 5.77. The number of aryl methyl sites for hydroxylation is 2. The van der Waals surface area contributed by atoms with Gasteiger partial charge in [0.05, 0.1) is 36.1 Å². The lowest BCUT2D eigenvalue weighted by Crippen LogP contribution is -2.43. The number of nitrogens with zero attached hydrogens (tertiary/aromatic N) is 3. The Balaban J connectivity index is 1.63. The highest BCUT2D eigenvalue weighted by Gasteiger charge is 2.23. The number of benzene rings is 2. The maximum atomic E-state index is 13.5. The number of morpholine rings is 1. The van der Waals surface area contributed by atoms with E-state index in [9.17, 15) is 9.59 Å². The molecule has 168 valence electrons. The standard InChI is InChI=1S/C24H27N3O4S/c1-16-14-20-21(15-17(16)2)32-24(25-20)27(9-8-26-10-12-31-13-11-26)22(28)18-4-6-19(7-5-18)23(29)30-3/h4-7,14-15H,8-13H2,1-3H3. The van der Waals surface area contributed by atoms with Crippen molar-refractivity contribution in [3.63, 3.8) is 0 Å². The zero-order chi connectivity index (χ0) is 22.7. The van der Waals surface area contributed by atoms with Crippen LogP contribution >= 0.6 is 11.3 Å². The van der Waals surface area contributed by atoms with E-state index in [-0.39, 0.29) is 5.91 Å². The zero-order valence-electron chi connectivity index (χ0n) is 18.6. The fraction of sp³-hybridized carbons (Fsp3) is 0.375. The molecule has 1 fully saturated rings. The van der Waals surface area contributed by atoms with Crippen LogP contribution in [-0.2, 0) is 9.47 Å². The van der Waals surface area contributed by atoms with Crippen LogP contribution in [0.5, 0.6) is 0 Å². The minimum absolute atomic E-state index is 0.137. The zero-order valence-corrected chi connectivity index (χ0v) is 19.4. The van der Waals surface area contributed by atoms with Gasteiger partial charge in [-0.2, -0.15) is 0 Å². The smallest absolute Gasteiger partial charge is 0.337 e. The molecule has 0 atom stereocenters. The number of esters is 1. The van der Waals surface area contributed by atoms with E-state index in [2.05, 4.69) is 30.9 Å². The number of fused-ring (bicyclic) bond motifs is 1. The van der Waals surface area contributed by atoms with Crippen molar-refractivity contribution < 1.29 is 19.1 Å². The Kier molecular flexibility index (Phi) is 6.83. The minimum atomic E-state index is -0.426. The lowest BCUT2D eigenvalue weighted by molar-refractivity contribution is 0.0391. The highest BCUT2D eigenvalue weighted by molar-refractivity contribution is 7.22. The molecule has 1 amide bonds. The summed E-state index contributed by atoms with van der Waals surface area (Å²) in [4.78, 5) is 34.1. The van der Waals surface area contributed by atoms with Crippen LogP contribution in [0.15, 0.2) is 36.4 Å². The second-order valence-electron chi connectivity index (χ2n) is 7.88. The first kappa shape index (κ1) is 22.4. The molecule has 1 aliphatic heterocycles. The number of ether oxygens (including phenoxy) is 2. The van der Waals surface area contributed by atoms with Gasteiger partial charge in [0.2, 0.25) is 0 Å². The van der Waals surface area contributed by atoms with Crippen molar-refractivity contribution in [1.82, 2.24) is 9.88 Å². The van der Waals surface area contributed by atoms with Crippen LogP contribution in [0.1, 0.15) is 31.8 Å². The minimum Gasteiger partial charge on any atom is -0.465 e. The molecular formula is C24H27N3O4S. The molecule has 0 unspecified atom stereocenters. The molecule has 1 saturated heterocycles. The van der Waals surface area contributed by atoms with Gasteiger partial charge >= 0.3 is 5.97 Å². The Labute approximate surface area is 191 Å². The highest BCUT2D eigenvalue weighted by atomic mass is 32.1. The summed E-state index contributed by atoms with van der Waals surface area (Å²) in [5, 5.41) is 0.681. The molecule has 8 heteroatoms.